The second kappa shape index (κ2) is 6.77. The van der Waals surface area contributed by atoms with Gasteiger partial charge in [0, 0.05) is 12.1 Å². The van der Waals surface area contributed by atoms with Crippen molar-refractivity contribution in [2.75, 3.05) is 6.61 Å². The van der Waals surface area contributed by atoms with E-state index in [0.717, 1.165) is 5.56 Å². The molecule has 0 heterocycles. The van der Waals surface area contributed by atoms with E-state index in [1.165, 1.54) is 6.07 Å². The van der Waals surface area contributed by atoms with Crippen LogP contribution in [0.15, 0.2) is 23.1 Å². The van der Waals surface area contributed by atoms with E-state index in [1.807, 2.05) is 20.8 Å². The second-order valence-corrected chi connectivity index (χ2v) is 7.74. The minimum atomic E-state index is -3.62. The van der Waals surface area contributed by atoms with Gasteiger partial charge in [-0.15, -0.1) is 0 Å². The van der Waals surface area contributed by atoms with Crippen LogP contribution in [0.25, 0.3) is 0 Å². The number of benzene rings is 1. The predicted molar refractivity (Wildman–Crippen MR) is 83.0 cm³/mol. The minimum absolute atomic E-state index is 0.0350. The monoisotopic (exact) mass is 315 g/mol. The summed E-state index contributed by atoms with van der Waals surface area (Å²) in [5.41, 5.74) is 0.0701. The van der Waals surface area contributed by atoms with Crippen molar-refractivity contribution < 1.29 is 18.3 Å². The van der Waals surface area contributed by atoms with E-state index in [4.69, 9.17) is 9.84 Å². The molecule has 0 aliphatic rings. The number of rotatable bonds is 7. The molecular formula is C15H25NO4S. The zero-order valence-corrected chi connectivity index (χ0v) is 14.1. The van der Waals surface area contributed by atoms with Crippen LogP contribution >= 0.6 is 0 Å². The van der Waals surface area contributed by atoms with Crippen molar-refractivity contribution in [3.05, 3.63) is 23.8 Å². The molecule has 5 nitrogen and oxygen atoms in total. The van der Waals surface area contributed by atoms with Gasteiger partial charge in [-0.3, -0.25) is 0 Å². The van der Waals surface area contributed by atoms with Crippen LogP contribution in [0.2, 0.25) is 0 Å². The van der Waals surface area contributed by atoms with Gasteiger partial charge in [-0.05, 0) is 64.8 Å². The third-order valence-electron chi connectivity index (χ3n) is 2.97. The standard InChI is InChI=1S/C15H25NO4S/c1-11(2)20-14-7-6-13(10-12(14)3)21(18,19)16-15(4,5)8-9-17/h6-7,10-11,16-17H,8-9H2,1-5H3. The van der Waals surface area contributed by atoms with Crippen LogP contribution in [0.1, 0.15) is 39.7 Å². The van der Waals surface area contributed by atoms with Gasteiger partial charge >= 0.3 is 0 Å². The molecule has 1 aromatic rings. The first kappa shape index (κ1) is 17.9. The van der Waals surface area contributed by atoms with E-state index in [2.05, 4.69) is 4.72 Å². The van der Waals surface area contributed by atoms with Crippen molar-refractivity contribution in [2.24, 2.45) is 0 Å². The van der Waals surface area contributed by atoms with E-state index in [0.29, 0.717) is 12.2 Å². The zero-order chi connectivity index (χ0) is 16.3. The molecule has 21 heavy (non-hydrogen) atoms. The number of ether oxygens (including phenoxy) is 1. The van der Waals surface area contributed by atoms with Crippen molar-refractivity contribution in [3.8, 4) is 5.75 Å². The number of hydrogen-bond donors (Lipinski definition) is 2. The van der Waals surface area contributed by atoms with Crippen LogP contribution in [0.3, 0.4) is 0 Å². The Balaban J connectivity index is 3.02. The molecule has 0 bridgehead atoms. The lowest BCUT2D eigenvalue weighted by atomic mass is 10.0. The topological polar surface area (TPSA) is 75.6 Å². The summed E-state index contributed by atoms with van der Waals surface area (Å²) in [5, 5.41) is 8.98. The molecule has 1 rings (SSSR count). The fourth-order valence-corrected chi connectivity index (χ4v) is 3.45. The average Bonchev–Trinajstić information content (AvgIpc) is 2.29. The molecule has 1 aromatic carbocycles. The first-order valence-electron chi connectivity index (χ1n) is 6.99. The van der Waals surface area contributed by atoms with Crippen LogP contribution in [0, 0.1) is 6.92 Å². The molecule has 120 valence electrons. The summed E-state index contributed by atoms with van der Waals surface area (Å²) >= 11 is 0. The summed E-state index contributed by atoms with van der Waals surface area (Å²) in [6.07, 6.45) is 0.382. The Kier molecular flexibility index (Phi) is 5.78. The Labute approximate surface area is 127 Å². The van der Waals surface area contributed by atoms with E-state index < -0.39 is 15.6 Å². The van der Waals surface area contributed by atoms with Gasteiger partial charge in [-0.2, -0.15) is 0 Å². The number of aryl methyl sites for hydroxylation is 1. The summed E-state index contributed by atoms with van der Waals surface area (Å²) in [6, 6.07) is 4.79. The maximum atomic E-state index is 12.4. The molecule has 2 N–H and O–H groups in total. The summed E-state index contributed by atoms with van der Waals surface area (Å²) in [7, 11) is -3.62. The smallest absolute Gasteiger partial charge is 0.241 e. The van der Waals surface area contributed by atoms with Crippen LogP contribution in [-0.2, 0) is 10.0 Å². The number of nitrogens with one attached hydrogen (secondary N) is 1. The highest BCUT2D eigenvalue weighted by Gasteiger charge is 2.26. The first-order valence-corrected chi connectivity index (χ1v) is 8.48. The molecule has 0 fully saturated rings. The molecule has 0 aliphatic carbocycles. The van der Waals surface area contributed by atoms with Crippen molar-refractivity contribution in [3.63, 3.8) is 0 Å². The van der Waals surface area contributed by atoms with Crippen molar-refractivity contribution in [1.29, 1.82) is 0 Å². The molecule has 0 amide bonds. The van der Waals surface area contributed by atoms with Crippen LogP contribution in [0.4, 0.5) is 0 Å². The van der Waals surface area contributed by atoms with Crippen molar-refractivity contribution >= 4 is 10.0 Å². The Morgan fingerprint density at radius 3 is 2.43 bits per heavy atom. The predicted octanol–water partition coefficient (Wildman–Crippen LogP) is 2.22. The summed E-state index contributed by atoms with van der Waals surface area (Å²) in [6.45, 7) is 9.06. The second-order valence-electron chi connectivity index (χ2n) is 6.06. The SMILES string of the molecule is Cc1cc(S(=O)(=O)NC(C)(C)CCO)ccc1OC(C)C. The van der Waals surface area contributed by atoms with Gasteiger partial charge in [0.05, 0.1) is 11.0 Å². The Hall–Kier alpha value is -1.11. The molecular weight excluding hydrogens is 290 g/mol. The Bertz CT molecular complexity index is 579. The van der Waals surface area contributed by atoms with Gasteiger partial charge in [-0.25, -0.2) is 13.1 Å². The summed E-state index contributed by atoms with van der Waals surface area (Å²) in [4.78, 5) is 0.196. The average molecular weight is 315 g/mol. The molecule has 0 saturated carbocycles. The summed E-state index contributed by atoms with van der Waals surface area (Å²) in [5.74, 6) is 0.679. The fourth-order valence-electron chi connectivity index (χ4n) is 1.93. The molecule has 0 saturated heterocycles. The maximum Gasteiger partial charge on any atom is 0.241 e. The minimum Gasteiger partial charge on any atom is -0.491 e. The van der Waals surface area contributed by atoms with Crippen molar-refractivity contribution in [1.82, 2.24) is 4.72 Å². The largest absolute Gasteiger partial charge is 0.491 e. The molecule has 0 aromatic heterocycles. The highest BCUT2D eigenvalue weighted by Crippen LogP contribution is 2.24. The number of sulfonamides is 1. The van der Waals surface area contributed by atoms with Crippen molar-refractivity contribution in [2.45, 2.75) is 57.6 Å². The van der Waals surface area contributed by atoms with E-state index >= 15 is 0 Å². The lowest BCUT2D eigenvalue weighted by Crippen LogP contribution is -2.43. The van der Waals surface area contributed by atoms with E-state index in [-0.39, 0.29) is 17.6 Å². The van der Waals surface area contributed by atoms with Crippen LogP contribution in [0.5, 0.6) is 5.75 Å². The van der Waals surface area contributed by atoms with Crippen LogP contribution in [-0.4, -0.2) is 31.8 Å². The molecule has 0 spiro atoms. The summed E-state index contributed by atoms with van der Waals surface area (Å²) < 4.78 is 33.0. The number of aliphatic hydroxyl groups is 1. The van der Waals surface area contributed by atoms with Gasteiger partial charge in [0.2, 0.25) is 10.0 Å². The van der Waals surface area contributed by atoms with Gasteiger partial charge in [-0.1, -0.05) is 0 Å². The van der Waals surface area contributed by atoms with Gasteiger partial charge in [0.15, 0.2) is 0 Å². The Morgan fingerprint density at radius 1 is 1.33 bits per heavy atom. The first-order chi connectivity index (χ1) is 9.57. The molecule has 0 radical (unpaired) electrons. The molecule has 0 aliphatic heterocycles. The quantitative estimate of drug-likeness (QED) is 0.809. The Morgan fingerprint density at radius 2 is 1.95 bits per heavy atom. The van der Waals surface area contributed by atoms with Crippen LogP contribution < -0.4 is 9.46 Å². The van der Waals surface area contributed by atoms with E-state index in [1.54, 1.807) is 26.0 Å². The highest BCUT2D eigenvalue weighted by molar-refractivity contribution is 7.89. The van der Waals surface area contributed by atoms with E-state index in [9.17, 15) is 8.42 Å². The third-order valence-corrected chi connectivity index (χ3v) is 4.66. The highest BCUT2D eigenvalue weighted by atomic mass is 32.2. The molecule has 0 atom stereocenters. The molecule has 6 heteroatoms. The lowest BCUT2D eigenvalue weighted by Gasteiger charge is -2.25. The van der Waals surface area contributed by atoms with Gasteiger partial charge in [0.1, 0.15) is 5.75 Å². The van der Waals surface area contributed by atoms with Gasteiger partial charge in [0.25, 0.3) is 0 Å². The number of aliphatic hydroxyl groups excluding tert-OH is 1. The zero-order valence-electron chi connectivity index (χ0n) is 13.3. The number of hydrogen-bond acceptors (Lipinski definition) is 4. The third kappa shape index (κ3) is 5.30. The normalized spacial score (nSPS) is 12.7. The van der Waals surface area contributed by atoms with Gasteiger partial charge < -0.3 is 9.84 Å². The fraction of sp³-hybridized carbons (Fsp3) is 0.600. The lowest BCUT2D eigenvalue weighted by molar-refractivity contribution is 0.240. The maximum absolute atomic E-state index is 12.4. The molecule has 0 unspecified atom stereocenters.